The fraction of sp³-hybridized carbons (Fsp3) is 0.0588. The van der Waals surface area contributed by atoms with Crippen molar-refractivity contribution in [1.29, 1.82) is 0 Å². The van der Waals surface area contributed by atoms with Gasteiger partial charge in [-0.05, 0) is 59.0 Å². The van der Waals surface area contributed by atoms with E-state index in [1.807, 2.05) is 6.07 Å². The Balaban J connectivity index is 2.09. The number of carbonyl (C=O) groups excluding carboxylic acids is 2. The smallest absolute Gasteiger partial charge is 0.298 e. The highest BCUT2D eigenvalue weighted by atomic mass is 127. The fourth-order valence-corrected chi connectivity index (χ4v) is 3.27. The Morgan fingerprint density at radius 2 is 1.75 bits per heavy atom. The fourth-order valence-electron chi connectivity index (χ4n) is 2.47. The molecule has 24 heavy (non-hydrogen) atoms. The molecule has 0 aliphatic carbocycles. The van der Waals surface area contributed by atoms with Crippen LogP contribution >= 0.6 is 22.6 Å². The lowest BCUT2D eigenvalue weighted by molar-refractivity contribution is -0.137. The lowest BCUT2D eigenvalue weighted by Gasteiger charge is -2.08. The van der Waals surface area contributed by atoms with E-state index in [0.29, 0.717) is 22.8 Å². The highest BCUT2D eigenvalue weighted by Crippen LogP contribution is 2.30. The molecule has 0 saturated carbocycles. The van der Waals surface area contributed by atoms with Crippen molar-refractivity contribution < 1.29 is 22.8 Å². The lowest BCUT2D eigenvalue weighted by Crippen LogP contribution is -2.12. The number of nitrogens with zero attached hydrogens (tertiary/aromatic N) is 1. The second-order valence-electron chi connectivity index (χ2n) is 5.09. The van der Waals surface area contributed by atoms with E-state index >= 15 is 0 Å². The molecular formula is C17H9F3INO2. The van der Waals surface area contributed by atoms with E-state index in [1.165, 1.54) is 10.8 Å². The number of benzene rings is 2. The van der Waals surface area contributed by atoms with Crippen molar-refractivity contribution in [1.82, 2.24) is 4.57 Å². The van der Waals surface area contributed by atoms with Gasteiger partial charge in [-0.3, -0.25) is 14.2 Å². The van der Waals surface area contributed by atoms with Gasteiger partial charge < -0.3 is 0 Å². The number of fused-ring (bicyclic) bond motifs is 1. The molecule has 0 N–H and O–H groups in total. The Kier molecular flexibility index (Phi) is 4.20. The Labute approximate surface area is 148 Å². The summed E-state index contributed by atoms with van der Waals surface area (Å²) in [5.41, 5.74) is 0.180. The summed E-state index contributed by atoms with van der Waals surface area (Å²) >= 11 is 2.06. The summed E-state index contributed by atoms with van der Waals surface area (Å²) in [5, 5.41) is 0.647. The van der Waals surface area contributed by atoms with E-state index in [2.05, 4.69) is 22.6 Å². The molecule has 0 aliphatic heterocycles. The summed E-state index contributed by atoms with van der Waals surface area (Å²) in [6.07, 6.45) is -2.40. The van der Waals surface area contributed by atoms with Crippen molar-refractivity contribution in [2.45, 2.75) is 6.18 Å². The van der Waals surface area contributed by atoms with Gasteiger partial charge in [0, 0.05) is 26.3 Å². The molecule has 0 amide bonds. The van der Waals surface area contributed by atoms with Gasteiger partial charge in [0.25, 0.3) is 5.91 Å². The normalized spacial score (nSPS) is 11.7. The van der Waals surface area contributed by atoms with Crippen molar-refractivity contribution in [3.8, 4) is 0 Å². The molecule has 0 aliphatic rings. The van der Waals surface area contributed by atoms with E-state index in [9.17, 15) is 22.8 Å². The van der Waals surface area contributed by atoms with Crippen LogP contribution < -0.4 is 0 Å². The van der Waals surface area contributed by atoms with Gasteiger partial charge in [-0.15, -0.1) is 0 Å². The number of alkyl halides is 3. The predicted octanol–water partition coefficient (Wildman–Crippen LogP) is 4.77. The molecule has 122 valence electrons. The molecule has 2 aromatic carbocycles. The minimum atomic E-state index is -4.46. The number of halogens is 4. The van der Waals surface area contributed by atoms with Crippen LogP contribution in [0.5, 0.6) is 0 Å². The molecule has 0 atom stereocenters. The Morgan fingerprint density at radius 3 is 2.33 bits per heavy atom. The van der Waals surface area contributed by atoms with Gasteiger partial charge in [0.1, 0.15) is 0 Å². The second-order valence-corrected chi connectivity index (χ2v) is 6.25. The maximum atomic E-state index is 12.6. The van der Waals surface area contributed by atoms with Crippen LogP contribution in [0.3, 0.4) is 0 Å². The van der Waals surface area contributed by atoms with Crippen molar-refractivity contribution in [3.63, 3.8) is 0 Å². The average molecular weight is 443 g/mol. The number of carbonyl (C=O) groups is 2. The number of aromatic nitrogens is 1. The average Bonchev–Trinajstić information content (AvgIpc) is 2.93. The van der Waals surface area contributed by atoms with Crippen LogP contribution in [-0.4, -0.2) is 16.8 Å². The third-order valence-corrected chi connectivity index (χ3v) is 4.51. The number of hydrogen-bond donors (Lipinski definition) is 0. The highest BCUT2D eigenvalue weighted by molar-refractivity contribution is 14.1. The Hall–Kier alpha value is -2.16. The third kappa shape index (κ3) is 2.83. The third-order valence-electron chi connectivity index (χ3n) is 3.61. The summed E-state index contributed by atoms with van der Waals surface area (Å²) in [5.74, 6) is -0.496. The standard InChI is InChI=1S/C17H9F3INO2/c18-17(19,20)12-6-4-10(5-7-12)16(24)22-8-11(9-23)15-13(21)2-1-3-14(15)22/h1-9H. The number of hydrogen-bond acceptors (Lipinski definition) is 2. The molecule has 0 unspecified atom stereocenters. The largest absolute Gasteiger partial charge is 0.416 e. The van der Waals surface area contributed by atoms with Crippen molar-refractivity contribution >= 4 is 45.7 Å². The molecule has 1 aromatic heterocycles. The predicted molar refractivity (Wildman–Crippen MR) is 91.2 cm³/mol. The quantitative estimate of drug-likeness (QED) is 0.423. The maximum absolute atomic E-state index is 12.6. The van der Waals surface area contributed by atoms with Crippen molar-refractivity contribution in [2.75, 3.05) is 0 Å². The molecule has 1 heterocycles. The van der Waals surface area contributed by atoms with Crippen LogP contribution in [0.4, 0.5) is 13.2 Å². The summed E-state index contributed by atoms with van der Waals surface area (Å²) in [4.78, 5) is 23.9. The van der Waals surface area contributed by atoms with Gasteiger partial charge >= 0.3 is 6.18 Å². The molecule has 0 bridgehead atoms. The van der Waals surface area contributed by atoms with Crippen molar-refractivity contribution in [3.05, 3.63) is 68.9 Å². The SMILES string of the molecule is O=Cc1cn(C(=O)c2ccc(C(F)(F)F)cc2)c2cccc(I)c12. The van der Waals surface area contributed by atoms with Gasteiger partial charge in [-0.25, -0.2) is 0 Å². The molecule has 0 saturated heterocycles. The van der Waals surface area contributed by atoms with E-state index in [0.717, 1.165) is 27.8 Å². The van der Waals surface area contributed by atoms with E-state index in [4.69, 9.17) is 0 Å². The Bertz CT molecular complexity index is 943. The maximum Gasteiger partial charge on any atom is 0.416 e. The van der Waals surface area contributed by atoms with Crippen LogP contribution in [0.1, 0.15) is 26.3 Å². The molecule has 3 aromatic rings. The molecule has 3 rings (SSSR count). The first-order valence-electron chi connectivity index (χ1n) is 6.79. The van der Waals surface area contributed by atoms with Crippen LogP contribution in [-0.2, 0) is 6.18 Å². The lowest BCUT2D eigenvalue weighted by atomic mass is 10.1. The molecule has 0 fully saturated rings. The molecule has 0 radical (unpaired) electrons. The summed E-state index contributed by atoms with van der Waals surface area (Å²) in [6, 6.07) is 9.23. The van der Waals surface area contributed by atoms with Gasteiger partial charge in [0.15, 0.2) is 6.29 Å². The first-order chi connectivity index (χ1) is 11.3. The molecular weight excluding hydrogens is 434 g/mol. The van der Waals surface area contributed by atoms with E-state index < -0.39 is 17.6 Å². The second kappa shape index (κ2) is 6.04. The minimum absolute atomic E-state index is 0.108. The van der Waals surface area contributed by atoms with Crippen LogP contribution in [0.2, 0.25) is 0 Å². The van der Waals surface area contributed by atoms with Gasteiger partial charge in [0.05, 0.1) is 11.1 Å². The van der Waals surface area contributed by atoms with E-state index in [1.54, 1.807) is 12.1 Å². The van der Waals surface area contributed by atoms with Crippen molar-refractivity contribution in [2.24, 2.45) is 0 Å². The summed E-state index contributed by atoms with van der Waals surface area (Å²) in [7, 11) is 0. The minimum Gasteiger partial charge on any atom is -0.298 e. The topological polar surface area (TPSA) is 39.1 Å². The zero-order valence-electron chi connectivity index (χ0n) is 12.0. The first-order valence-corrected chi connectivity index (χ1v) is 7.87. The molecule has 7 heteroatoms. The first kappa shape index (κ1) is 16.7. The summed E-state index contributed by atoms with van der Waals surface area (Å²) in [6.45, 7) is 0. The molecule has 3 nitrogen and oxygen atoms in total. The highest BCUT2D eigenvalue weighted by Gasteiger charge is 2.30. The zero-order valence-corrected chi connectivity index (χ0v) is 14.1. The van der Waals surface area contributed by atoms with Gasteiger partial charge in [0.2, 0.25) is 0 Å². The van der Waals surface area contributed by atoms with Gasteiger partial charge in [-0.2, -0.15) is 13.2 Å². The van der Waals surface area contributed by atoms with E-state index in [-0.39, 0.29) is 5.56 Å². The van der Waals surface area contributed by atoms with Crippen LogP contribution in [0, 0.1) is 3.57 Å². The summed E-state index contributed by atoms with van der Waals surface area (Å²) < 4.78 is 39.9. The number of rotatable bonds is 2. The van der Waals surface area contributed by atoms with Crippen LogP contribution in [0.15, 0.2) is 48.7 Å². The van der Waals surface area contributed by atoms with Gasteiger partial charge in [-0.1, -0.05) is 6.07 Å². The molecule has 0 spiro atoms. The zero-order chi connectivity index (χ0) is 17.5. The number of aldehydes is 1. The van der Waals surface area contributed by atoms with Crippen LogP contribution in [0.25, 0.3) is 10.9 Å². The monoisotopic (exact) mass is 443 g/mol. The Morgan fingerprint density at radius 1 is 1.08 bits per heavy atom.